The average molecular weight is 105 g/mol. The molecule has 7 heavy (non-hydrogen) atoms. The first-order chi connectivity index (χ1) is 3.27. The molecule has 0 spiro atoms. The summed E-state index contributed by atoms with van der Waals surface area (Å²) in [6.07, 6.45) is 0.0694. The van der Waals surface area contributed by atoms with Gasteiger partial charge in [0.25, 0.3) is 0 Å². The van der Waals surface area contributed by atoms with Crippen LogP contribution in [0.4, 0.5) is 4.39 Å². The molecule has 42 valence electrons. The van der Waals surface area contributed by atoms with Crippen molar-refractivity contribution in [3.05, 3.63) is 0 Å². The fourth-order valence-corrected chi connectivity index (χ4v) is 0.145. The van der Waals surface area contributed by atoms with Crippen LogP contribution < -0.4 is 0 Å². The number of hydrogen-bond donors (Lipinski definition) is 0. The van der Waals surface area contributed by atoms with E-state index in [2.05, 4.69) is 9.99 Å². The lowest BCUT2D eigenvalue weighted by atomic mass is 10.5. The standard InChI is InChI=1S/C4H8FNO/c1-4(5)3-6-7-2/h3-4H,1-2H3. The number of rotatable bonds is 2. The Balaban J connectivity index is 3.08. The molecule has 0 amide bonds. The van der Waals surface area contributed by atoms with Gasteiger partial charge in [0.1, 0.15) is 13.3 Å². The minimum Gasteiger partial charge on any atom is -0.399 e. The molecule has 0 saturated carbocycles. The summed E-state index contributed by atoms with van der Waals surface area (Å²) < 4.78 is 11.7. The second kappa shape index (κ2) is 3.59. The van der Waals surface area contributed by atoms with Crippen LogP contribution >= 0.6 is 0 Å². The first-order valence-corrected chi connectivity index (χ1v) is 1.98. The molecular formula is C4H8FNO. The first-order valence-electron chi connectivity index (χ1n) is 1.98. The Morgan fingerprint density at radius 3 is 2.57 bits per heavy atom. The van der Waals surface area contributed by atoms with E-state index in [9.17, 15) is 4.39 Å². The maximum Gasteiger partial charge on any atom is 0.136 e. The van der Waals surface area contributed by atoms with Crippen molar-refractivity contribution >= 4 is 6.21 Å². The number of nitrogens with zero attached hydrogens (tertiary/aromatic N) is 1. The lowest BCUT2D eigenvalue weighted by Crippen LogP contribution is -1.91. The van der Waals surface area contributed by atoms with E-state index in [0.717, 1.165) is 6.21 Å². The first kappa shape index (κ1) is 6.40. The van der Waals surface area contributed by atoms with E-state index < -0.39 is 6.17 Å². The topological polar surface area (TPSA) is 21.6 Å². The highest BCUT2D eigenvalue weighted by atomic mass is 19.1. The zero-order chi connectivity index (χ0) is 5.70. The predicted octanol–water partition coefficient (Wildman–Crippen LogP) is 0.977. The van der Waals surface area contributed by atoms with Gasteiger partial charge in [0, 0.05) is 0 Å². The minimum atomic E-state index is -1.01. The minimum absolute atomic E-state index is 1.01. The molecule has 0 N–H and O–H groups in total. The van der Waals surface area contributed by atoms with Crippen LogP contribution in [0, 0.1) is 0 Å². The van der Waals surface area contributed by atoms with E-state index in [-0.39, 0.29) is 0 Å². The van der Waals surface area contributed by atoms with Gasteiger partial charge in [0.2, 0.25) is 0 Å². The van der Waals surface area contributed by atoms with Crippen molar-refractivity contribution in [1.82, 2.24) is 0 Å². The van der Waals surface area contributed by atoms with Crippen molar-refractivity contribution in [2.75, 3.05) is 7.11 Å². The van der Waals surface area contributed by atoms with E-state index in [4.69, 9.17) is 0 Å². The Labute approximate surface area is 42.0 Å². The van der Waals surface area contributed by atoms with Gasteiger partial charge in [-0.15, -0.1) is 0 Å². The molecule has 0 aliphatic rings. The molecule has 0 saturated heterocycles. The van der Waals surface area contributed by atoms with Crippen LogP contribution in [0.1, 0.15) is 6.92 Å². The molecule has 0 aromatic rings. The zero-order valence-electron chi connectivity index (χ0n) is 4.39. The van der Waals surface area contributed by atoms with E-state index in [1.807, 2.05) is 0 Å². The summed E-state index contributed by atoms with van der Waals surface area (Å²) in [4.78, 5) is 4.18. The quantitative estimate of drug-likeness (QED) is 0.379. The zero-order valence-corrected chi connectivity index (χ0v) is 4.39. The summed E-state index contributed by atoms with van der Waals surface area (Å²) in [5.74, 6) is 0. The highest BCUT2D eigenvalue weighted by Gasteiger charge is 1.86. The number of oxime groups is 1. The van der Waals surface area contributed by atoms with Crippen LogP contribution in [0.15, 0.2) is 5.16 Å². The monoisotopic (exact) mass is 105 g/mol. The lowest BCUT2D eigenvalue weighted by molar-refractivity contribution is 0.212. The summed E-state index contributed by atoms with van der Waals surface area (Å²) in [6.45, 7) is 1.38. The lowest BCUT2D eigenvalue weighted by Gasteiger charge is -1.85. The van der Waals surface area contributed by atoms with Gasteiger partial charge >= 0.3 is 0 Å². The fourth-order valence-electron chi connectivity index (χ4n) is 0.145. The Hall–Kier alpha value is -0.600. The molecule has 3 heteroatoms. The van der Waals surface area contributed by atoms with Crippen LogP contribution in [0.25, 0.3) is 0 Å². The number of alkyl halides is 1. The van der Waals surface area contributed by atoms with Crippen molar-refractivity contribution in [2.45, 2.75) is 13.1 Å². The van der Waals surface area contributed by atoms with E-state index in [0.29, 0.717) is 0 Å². The molecule has 0 radical (unpaired) electrons. The maximum atomic E-state index is 11.7. The second-order valence-electron chi connectivity index (χ2n) is 1.11. The van der Waals surface area contributed by atoms with Crippen LogP contribution in [0.5, 0.6) is 0 Å². The number of halogens is 1. The molecule has 1 unspecified atom stereocenters. The summed E-state index contributed by atoms with van der Waals surface area (Å²) >= 11 is 0. The predicted molar refractivity (Wildman–Crippen MR) is 26.1 cm³/mol. The molecule has 0 bridgehead atoms. The Bertz CT molecular complexity index is 62.7. The highest BCUT2D eigenvalue weighted by molar-refractivity contribution is 5.61. The van der Waals surface area contributed by atoms with Crippen molar-refractivity contribution in [2.24, 2.45) is 5.16 Å². The molecule has 0 aliphatic carbocycles. The van der Waals surface area contributed by atoms with Gasteiger partial charge in [-0.1, -0.05) is 5.16 Å². The van der Waals surface area contributed by atoms with Crippen LogP contribution in [0.3, 0.4) is 0 Å². The maximum absolute atomic E-state index is 11.7. The Morgan fingerprint density at radius 1 is 1.86 bits per heavy atom. The van der Waals surface area contributed by atoms with Crippen LogP contribution in [0.2, 0.25) is 0 Å². The summed E-state index contributed by atoms with van der Waals surface area (Å²) in [5, 5.41) is 3.17. The van der Waals surface area contributed by atoms with Gasteiger partial charge in [0.05, 0.1) is 6.21 Å². The molecule has 2 nitrogen and oxygen atoms in total. The van der Waals surface area contributed by atoms with Crippen molar-refractivity contribution < 1.29 is 9.23 Å². The molecule has 1 atom stereocenters. The van der Waals surface area contributed by atoms with Crippen molar-refractivity contribution in [3.8, 4) is 0 Å². The average Bonchev–Trinajstić information content (AvgIpc) is 1.61. The van der Waals surface area contributed by atoms with Crippen molar-refractivity contribution in [1.29, 1.82) is 0 Å². The molecule has 0 heterocycles. The normalized spacial score (nSPS) is 14.7. The SMILES string of the molecule is CON=CC(C)F. The smallest absolute Gasteiger partial charge is 0.136 e. The highest BCUT2D eigenvalue weighted by Crippen LogP contribution is 1.80. The van der Waals surface area contributed by atoms with Crippen LogP contribution in [-0.4, -0.2) is 19.5 Å². The third-order valence-electron chi connectivity index (χ3n) is 0.372. The third kappa shape index (κ3) is 5.40. The molecule has 0 aromatic carbocycles. The van der Waals surface area contributed by atoms with Gasteiger partial charge in [-0.3, -0.25) is 0 Å². The van der Waals surface area contributed by atoms with Gasteiger partial charge in [-0.05, 0) is 6.92 Å². The van der Waals surface area contributed by atoms with E-state index in [1.54, 1.807) is 0 Å². The molecule has 0 rings (SSSR count). The Kier molecular flexibility index (Phi) is 3.28. The summed E-state index contributed by atoms with van der Waals surface area (Å²) in [6, 6.07) is 0. The largest absolute Gasteiger partial charge is 0.399 e. The molecule has 0 aliphatic heterocycles. The Morgan fingerprint density at radius 2 is 2.43 bits per heavy atom. The number of hydrogen-bond acceptors (Lipinski definition) is 2. The summed E-state index contributed by atoms with van der Waals surface area (Å²) in [7, 11) is 1.37. The molecule has 0 aromatic heterocycles. The fraction of sp³-hybridized carbons (Fsp3) is 0.750. The van der Waals surface area contributed by atoms with Gasteiger partial charge in [-0.2, -0.15) is 0 Å². The van der Waals surface area contributed by atoms with E-state index in [1.165, 1.54) is 14.0 Å². The second-order valence-corrected chi connectivity index (χ2v) is 1.11. The van der Waals surface area contributed by atoms with Crippen LogP contribution in [-0.2, 0) is 4.84 Å². The van der Waals surface area contributed by atoms with Gasteiger partial charge < -0.3 is 4.84 Å². The third-order valence-corrected chi connectivity index (χ3v) is 0.372. The molecule has 0 fully saturated rings. The summed E-state index contributed by atoms with van der Waals surface area (Å²) in [5.41, 5.74) is 0. The molecular weight excluding hydrogens is 97.0 g/mol. The van der Waals surface area contributed by atoms with Gasteiger partial charge in [0.15, 0.2) is 0 Å². The van der Waals surface area contributed by atoms with Gasteiger partial charge in [-0.25, -0.2) is 4.39 Å². The van der Waals surface area contributed by atoms with E-state index >= 15 is 0 Å². The van der Waals surface area contributed by atoms with Crippen molar-refractivity contribution in [3.63, 3.8) is 0 Å².